The molecule has 0 aromatic heterocycles. The van der Waals surface area contributed by atoms with E-state index in [1.54, 1.807) is 7.05 Å². The van der Waals surface area contributed by atoms with Gasteiger partial charge in [-0.3, -0.25) is 9.59 Å². The molecule has 5 nitrogen and oxygen atoms in total. The van der Waals surface area contributed by atoms with E-state index in [1.807, 2.05) is 0 Å². The fourth-order valence-corrected chi connectivity index (χ4v) is 3.13. The van der Waals surface area contributed by atoms with E-state index in [0.29, 0.717) is 6.42 Å². The molecule has 2 fully saturated rings. The molecule has 0 spiro atoms. The zero-order valence-electron chi connectivity index (χ0n) is 13.4. The van der Waals surface area contributed by atoms with Crippen molar-refractivity contribution < 1.29 is 23.5 Å². The molecule has 130 valence electrons. The molecule has 1 N–H and O–H groups in total. The van der Waals surface area contributed by atoms with Gasteiger partial charge in [-0.1, -0.05) is 0 Å². The minimum atomic E-state index is -0.868. The van der Waals surface area contributed by atoms with Gasteiger partial charge in [-0.2, -0.15) is 0 Å². The standard InChI is InChI=1S/C17H20F2N2O3/c1-20(9-15(22)10-2-3-10)16(23)14-4-5-21(17(14)24)13-7-11(18)6-12(19)8-13/h6-8,10,14-15,22H,2-5,9H2,1H3. The largest absolute Gasteiger partial charge is 0.391 e. The summed E-state index contributed by atoms with van der Waals surface area (Å²) >= 11 is 0. The first-order valence-electron chi connectivity index (χ1n) is 8.07. The monoisotopic (exact) mass is 338 g/mol. The fourth-order valence-electron chi connectivity index (χ4n) is 3.13. The lowest BCUT2D eigenvalue weighted by Gasteiger charge is -2.23. The van der Waals surface area contributed by atoms with Crippen molar-refractivity contribution in [2.24, 2.45) is 11.8 Å². The quantitative estimate of drug-likeness (QED) is 0.829. The van der Waals surface area contributed by atoms with E-state index in [2.05, 4.69) is 0 Å². The predicted molar refractivity (Wildman–Crippen MR) is 83.2 cm³/mol. The Morgan fingerprint density at radius 3 is 2.50 bits per heavy atom. The van der Waals surface area contributed by atoms with E-state index < -0.39 is 29.6 Å². The topological polar surface area (TPSA) is 60.9 Å². The molecule has 1 aromatic carbocycles. The van der Waals surface area contributed by atoms with Crippen LogP contribution in [0.1, 0.15) is 19.3 Å². The second-order valence-electron chi connectivity index (χ2n) is 6.58. The summed E-state index contributed by atoms with van der Waals surface area (Å²) in [6.07, 6.45) is 1.65. The van der Waals surface area contributed by atoms with Crippen LogP contribution in [-0.2, 0) is 9.59 Å². The Kier molecular flexibility index (Phi) is 4.54. The third-order valence-corrected chi connectivity index (χ3v) is 4.67. The maximum absolute atomic E-state index is 13.3. The zero-order chi connectivity index (χ0) is 17.4. The van der Waals surface area contributed by atoms with Crippen LogP contribution in [0.4, 0.5) is 14.5 Å². The minimum absolute atomic E-state index is 0.119. The van der Waals surface area contributed by atoms with Gasteiger partial charge in [0.2, 0.25) is 11.8 Å². The van der Waals surface area contributed by atoms with Gasteiger partial charge < -0.3 is 14.9 Å². The van der Waals surface area contributed by atoms with Crippen LogP contribution in [-0.4, -0.2) is 48.1 Å². The maximum Gasteiger partial charge on any atom is 0.239 e. The summed E-state index contributed by atoms with van der Waals surface area (Å²) in [6, 6.07) is 2.89. The SMILES string of the molecule is CN(CC(O)C1CC1)C(=O)C1CCN(c2cc(F)cc(F)c2)C1=O. The summed E-state index contributed by atoms with van der Waals surface area (Å²) in [6.45, 7) is 0.430. The second-order valence-corrected chi connectivity index (χ2v) is 6.58. The van der Waals surface area contributed by atoms with Crippen molar-refractivity contribution in [1.29, 1.82) is 0 Å². The molecule has 1 saturated carbocycles. The Balaban J connectivity index is 1.67. The van der Waals surface area contributed by atoms with Crippen LogP contribution >= 0.6 is 0 Å². The molecule has 2 unspecified atom stereocenters. The van der Waals surface area contributed by atoms with Crippen LogP contribution in [0.15, 0.2) is 18.2 Å². The average molecular weight is 338 g/mol. The molecular formula is C17H20F2N2O3. The summed E-state index contributed by atoms with van der Waals surface area (Å²) in [5.74, 6) is -2.98. The number of amides is 2. The van der Waals surface area contributed by atoms with Crippen molar-refractivity contribution in [2.45, 2.75) is 25.4 Å². The number of likely N-dealkylation sites (N-methyl/N-ethyl adjacent to an activating group) is 1. The van der Waals surface area contributed by atoms with Gasteiger partial charge in [-0.15, -0.1) is 0 Å². The fraction of sp³-hybridized carbons (Fsp3) is 0.529. The number of rotatable bonds is 5. The van der Waals surface area contributed by atoms with Crippen molar-refractivity contribution in [1.82, 2.24) is 4.90 Å². The third-order valence-electron chi connectivity index (χ3n) is 4.67. The molecule has 2 atom stereocenters. The van der Waals surface area contributed by atoms with Crippen LogP contribution in [0.5, 0.6) is 0 Å². The van der Waals surface area contributed by atoms with Crippen molar-refractivity contribution in [3.8, 4) is 0 Å². The number of aliphatic hydroxyl groups excluding tert-OH is 1. The van der Waals surface area contributed by atoms with Gasteiger partial charge in [0, 0.05) is 31.9 Å². The molecule has 2 aliphatic rings. The van der Waals surface area contributed by atoms with Crippen molar-refractivity contribution >= 4 is 17.5 Å². The van der Waals surface area contributed by atoms with Crippen LogP contribution < -0.4 is 4.90 Å². The van der Waals surface area contributed by atoms with Crippen molar-refractivity contribution in [3.63, 3.8) is 0 Å². The molecule has 0 radical (unpaired) electrons. The van der Waals surface area contributed by atoms with Gasteiger partial charge in [0.15, 0.2) is 0 Å². The van der Waals surface area contributed by atoms with Gasteiger partial charge in [-0.25, -0.2) is 8.78 Å². The molecule has 1 aliphatic carbocycles. The number of aliphatic hydroxyl groups is 1. The molecule has 3 rings (SSSR count). The number of halogens is 2. The highest BCUT2D eigenvalue weighted by molar-refractivity contribution is 6.09. The Labute approximate surface area is 138 Å². The highest BCUT2D eigenvalue weighted by Gasteiger charge is 2.40. The number of hydrogen-bond acceptors (Lipinski definition) is 3. The molecule has 1 saturated heterocycles. The summed E-state index contributed by atoms with van der Waals surface area (Å²) in [5, 5.41) is 9.94. The van der Waals surface area contributed by atoms with Crippen LogP contribution in [0.25, 0.3) is 0 Å². The Bertz CT molecular complexity index is 643. The van der Waals surface area contributed by atoms with E-state index in [4.69, 9.17) is 0 Å². The number of carbonyl (C=O) groups is 2. The lowest BCUT2D eigenvalue weighted by Crippen LogP contribution is -2.41. The van der Waals surface area contributed by atoms with Crippen molar-refractivity contribution in [2.75, 3.05) is 25.0 Å². The molecule has 1 aromatic rings. The summed E-state index contributed by atoms with van der Waals surface area (Å²) < 4.78 is 26.7. The highest BCUT2D eigenvalue weighted by atomic mass is 19.1. The van der Waals surface area contributed by atoms with E-state index in [1.165, 1.54) is 9.80 Å². The molecule has 7 heteroatoms. The second kappa shape index (κ2) is 6.47. The molecule has 1 heterocycles. The number of anilines is 1. The first-order valence-corrected chi connectivity index (χ1v) is 8.07. The zero-order valence-corrected chi connectivity index (χ0v) is 13.4. The Morgan fingerprint density at radius 2 is 1.92 bits per heavy atom. The predicted octanol–water partition coefficient (Wildman–Crippen LogP) is 1.55. The van der Waals surface area contributed by atoms with Crippen molar-refractivity contribution in [3.05, 3.63) is 29.8 Å². The van der Waals surface area contributed by atoms with E-state index in [0.717, 1.165) is 31.0 Å². The number of hydrogen-bond donors (Lipinski definition) is 1. The maximum atomic E-state index is 13.3. The van der Waals surface area contributed by atoms with Crippen LogP contribution in [0.3, 0.4) is 0 Å². The number of carbonyl (C=O) groups excluding carboxylic acids is 2. The Hall–Kier alpha value is -2.02. The normalized spacial score (nSPS) is 21.9. The lowest BCUT2D eigenvalue weighted by molar-refractivity contribution is -0.140. The van der Waals surface area contributed by atoms with Gasteiger partial charge >= 0.3 is 0 Å². The van der Waals surface area contributed by atoms with E-state index in [-0.39, 0.29) is 30.6 Å². The smallest absolute Gasteiger partial charge is 0.239 e. The van der Waals surface area contributed by atoms with Crippen LogP contribution in [0.2, 0.25) is 0 Å². The third kappa shape index (κ3) is 3.40. The summed E-state index contributed by atoms with van der Waals surface area (Å²) in [4.78, 5) is 27.6. The molecule has 0 bridgehead atoms. The lowest BCUT2D eigenvalue weighted by atomic mass is 10.1. The molecule has 2 amide bonds. The van der Waals surface area contributed by atoms with E-state index in [9.17, 15) is 23.5 Å². The summed E-state index contributed by atoms with van der Waals surface area (Å²) in [7, 11) is 1.56. The molecule has 1 aliphatic heterocycles. The number of benzene rings is 1. The average Bonchev–Trinajstić information content (AvgIpc) is 3.28. The highest BCUT2D eigenvalue weighted by Crippen LogP contribution is 2.33. The van der Waals surface area contributed by atoms with Gasteiger partial charge in [0.05, 0.1) is 6.10 Å². The van der Waals surface area contributed by atoms with Crippen LogP contribution in [0, 0.1) is 23.5 Å². The van der Waals surface area contributed by atoms with E-state index >= 15 is 0 Å². The Morgan fingerprint density at radius 1 is 1.29 bits per heavy atom. The van der Waals surface area contributed by atoms with Gasteiger partial charge in [0.25, 0.3) is 0 Å². The van der Waals surface area contributed by atoms with Gasteiger partial charge in [0.1, 0.15) is 17.6 Å². The molecule has 24 heavy (non-hydrogen) atoms. The first kappa shape index (κ1) is 16.8. The summed E-state index contributed by atoms with van der Waals surface area (Å²) in [5.41, 5.74) is 0.119. The minimum Gasteiger partial charge on any atom is -0.391 e. The van der Waals surface area contributed by atoms with Gasteiger partial charge in [-0.05, 0) is 37.3 Å². The molecular weight excluding hydrogens is 318 g/mol. The number of nitrogens with zero attached hydrogens (tertiary/aromatic N) is 2. The first-order chi connectivity index (χ1) is 11.4.